The van der Waals surface area contributed by atoms with Crippen molar-refractivity contribution >= 4 is 27.9 Å². The fourth-order valence-electron chi connectivity index (χ4n) is 1.22. The highest BCUT2D eigenvalue weighted by molar-refractivity contribution is 7.89. The van der Waals surface area contributed by atoms with Crippen LogP contribution in [0.2, 0.25) is 0 Å². The lowest BCUT2D eigenvalue weighted by molar-refractivity contribution is -0.137. The van der Waals surface area contributed by atoms with E-state index in [0.717, 1.165) is 0 Å². The van der Waals surface area contributed by atoms with Gasteiger partial charge in [0, 0.05) is 25.9 Å². The summed E-state index contributed by atoms with van der Waals surface area (Å²) in [5.41, 5.74) is 0. The molecule has 4 N–H and O–H groups in total. The molecule has 9 nitrogen and oxygen atoms in total. The number of nitrogens with one attached hydrogen (secondary N) is 3. The van der Waals surface area contributed by atoms with Gasteiger partial charge < -0.3 is 10.4 Å². The van der Waals surface area contributed by atoms with Gasteiger partial charge in [0.2, 0.25) is 15.9 Å². The maximum absolute atomic E-state index is 11.2. The molecule has 0 rings (SSSR count). The fraction of sp³-hybridized carbons (Fsp3) is 0.700. The van der Waals surface area contributed by atoms with Crippen molar-refractivity contribution in [3.8, 4) is 0 Å². The fourth-order valence-corrected chi connectivity index (χ4v) is 2.18. The first-order valence-corrected chi connectivity index (χ1v) is 7.69. The van der Waals surface area contributed by atoms with E-state index in [1.807, 2.05) is 5.32 Å². The highest BCUT2D eigenvalue weighted by Crippen LogP contribution is 1.94. The molecule has 0 saturated carbocycles. The smallest absolute Gasteiger partial charge is 0.321 e. The molecule has 0 unspecified atom stereocenters. The monoisotopic (exact) mass is 309 g/mol. The van der Waals surface area contributed by atoms with Crippen molar-refractivity contribution in [2.24, 2.45) is 0 Å². The molecular formula is C10H19N3O6S. The molecule has 0 fully saturated rings. The maximum Gasteiger partial charge on any atom is 0.321 e. The van der Waals surface area contributed by atoms with E-state index in [1.54, 1.807) is 6.92 Å². The Labute approximate surface area is 117 Å². The number of hydrogen-bond donors (Lipinski definition) is 4. The van der Waals surface area contributed by atoms with Crippen LogP contribution in [0.25, 0.3) is 0 Å². The van der Waals surface area contributed by atoms with Crippen molar-refractivity contribution in [2.75, 3.05) is 18.8 Å². The van der Waals surface area contributed by atoms with Crippen molar-refractivity contribution in [1.29, 1.82) is 0 Å². The lowest BCUT2D eigenvalue weighted by atomic mass is 10.2. The Morgan fingerprint density at radius 3 is 2.35 bits per heavy atom. The van der Waals surface area contributed by atoms with E-state index in [1.165, 1.54) is 0 Å². The van der Waals surface area contributed by atoms with Crippen molar-refractivity contribution in [3.05, 3.63) is 0 Å². The van der Waals surface area contributed by atoms with Crippen LogP contribution in [-0.2, 0) is 19.6 Å². The first kappa shape index (κ1) is 18.3. The zero-order chi connectivity index (χ0) is 15.6. The van der Waals surface area contributed by atoms with Gasteiger partial charge >= 0.3 is 12.0 Å². The van der Waals surface area contributed by atoms with Crippen LogP contribution < -0.4 is 15.4 Å². The van der Waals surface area contributed by atoms with Gasteiger partial charge in [-0.1, -0.05) is 6.92 Å². The lowest BCUT2D eigenvalue weighted by Gasteiger charge is -2.07. The Kier molecular flexibility index (Phi) is 8.48. The van der Waals surface area contributed by atoms with Gasteiger partial charge in [-0.2, -0.15) is 0 Å². The number of sulfonamides is 1. The van der Waals surface area contributed by atoms with Crippen LogP contribution in [0.15, 0.2) is 0 Å². The van der Waals surface area contributed by atoms with E-state index >= 15 is 0 Å². The second-order valence-electron chi connectivity index (χ2n) is 3.87. The topological polar surface area (TPSA) is 142 Å². The third kappa shape index (κ3) is 10.3. The summed E-state index contributed by atoms with van der Waals surface area (Å²) in [6, 6.07) is -0.808. The Hall–Kier alpha value is -1.68. The second-order valence-corrected chi connectivity index (χ2v) is 5.79. The highest BCUT2D eigenvalue weighted by atomic mass is 32.2. The third-order valence-corrected chi connectivity index (χ3v) is 3.54. The Morgan fingerprint density at radius 1 is 1.15 bits per heavy atom. The Morgan fingerprint density at radius 2 is 1.80 bits per heavy atom. The molecule has 0 aliphatic carbocycles. The van der Waals surface area contributed by atoms with E-state index in [0.29, 0.717) is 0 Å². The quantitative estimate of drug-likeness (QED) is 0.430. The van der Waals surface area contributed by atoms with Gasteiger partial charge in [0.05, 0.1) is 5.75 Å². The predicted octanol–water partition coefficient (Wildman–Crippen LogP) is -0.994. The van der Waals surface area contributed by atoms with Crippen LogP contribution in [0.4, 0.5) is 4.79 Å². The van der Waals surface area contributed by atoms with E-state index in [9.17, 15) is 22.8 Å². The zero-order valence-electron chi connectivity index (χ0n) is 11.1. The molecule has 0 heterocycles. The highest BCUT2D eigenvalue weighted by Gasteiger charge is 2.11. The molecule has 0 radical (unpaired) electrons. The number of imide groups is 1. The molecule has 3 amide bonds. The van der Waals surface area contributed by atoms with Gasteiger partial charge in [0.25, 0.3) is 0 Å². The summed E-state index contributed by atoms with van der Waals surface area (Å²) in [6.07, 6.45) is -0.116. The standard InChI is InChI=1S/C10H19N3O6S/c1-2-12-20(18,19)7-6-11-10(17)13-8(14)4-3-5-9(15)16/h12H,2-7H2,1H3,(H,15,16)(H2,11,13,14,17). The van der Waals surface area contributed by atoms with Crippen LogP contribution in [-0.4, -0.2) is 50.3 Å². The van der Waals surface area contributed by atoms with Crippen molar-refractivity contribution < 1.29 is 27.9 Å². The van der Waals surface area contributed by atoms with Crippen molar-refractivity contribution in [3.63, 3.8) is 0 Å². The zero-order valence-corrected chi connectivity index (χ0v) is 12.0. The largest absolute Gasteiger partial charge is 0.481 e. The van der Waals surface area contributed by atoms with E-state index in [-0.39, 0.29) is 38.1 Å². The molecule has 0 aromatic carbocycles. The average Bonchev–Trinajstić information content (AvgIpc) is 2.27. The van der Waals surface area contributed by atoms with E-state index in [4.69, 9.17) is 5.11 Å². The van der Waals surface area contributed by atoms with Crippen LogP contribution >= 0.6 is 0 Å². The van der Waals surface area contributed by atoms with Gasteiger partial charge in [-0.15, -0.1) is 0 Å². The molecule has 0 aliphatic heterocycles. The maximum atomic E-state index is 11.2. The number of hydrogen-bond acceptors (Lipinski definition) is 5. The first-order valence-electron chi connectivity index (χ1n) is 6.03. The first-order chi connectivity index (χ1) is 9.26. The molecule has 20 heavy (non-hydrogen) atoms. The minimum absolute atomic E-state index is 0.0879. The number of rotatable bonds is 9. The molecule has 0 aliphatic rings. The number of carboxylic acids is 1. The van der Waals surface area contributed by atoms with Gasteiger partial charge in [-0.05, 0) is 6.42 Å². The number of urea groups is 1. The van der Waals surface area contributed by atoms with Crippen LogP contribution in [0.5, 0.6) is 0 Å². The van der Waals surface area contributed by atoms with E-state index in [2.05, 4.69) is 10.0 Å². The van der Waals surface area contributed by atoms with Gasteiger partial charge in [0.15, 0.2) is 0 Å². The molecule has 116 valence electrons. The van der Waals surface area contributed by atoms with Crippen LogP contribution in [0, 0.1) is 0 Å². The SMILES string of the molecule is CCNS(=O)(=O)CCNC(=O)NC(=O)CCCC(=O)O. The normalized spacial score (nSPS) is 10.8. The Bertz CT molecular complexity index is 448. The molecule has 0 bridgehead atoms. The number of carbonyl (C=O) groups excluding carboxylic acids is 2. The number of aliphatic carboxylic acids is 1. The summed E-state index contributed by atoms with van der Waals surface area (Å²) in [7, 11) is -3.42. The van der Waals surface area contributed by atoms with Gasteiger partial charge in [-0.3, -0.25) is 14.9 Å². The minimum atomic E-state index is -3.42. The van der Waals surface area contributed by atoms with Crippen molar-refractivity contribution in [2.45, 2.75) is 26.2 Å². The summed E-state index contributed by atoms with van der Waals surface area (Å²) >= 11 is 0. The Balaban J connectivity index is 3.83. The molecule has 0 aromatic heterocycles. The number of carbonyl (C=O) groups is 3. The summed E-state index contributed by atoms with van der Waals surface area (Å²) < 4.78 is 24.7. The van der Waals surface area contributed by atoms with Gasteiger partial charge in [0.1, 0.15) is 0 Å². The molecule has 10 heteroatoms. The summed E-state index contributed by atoms with van der Waals surface area (Å²) in [5.74, 6) is -1.92. The average molecular weight is 309 g/mol. The van der Waals surface area contributed by atoms with E-state index < -0.39 is 27.9 Å². The second kappa shape index (κ2) is 9.26. The predicted molar refractivity (Wildman–Crippen MR) is 70.5 cm³/mol. The lowest BCUT2D eigenvalue weighted by Crippen LogP contribution is -2.42. The minimum Gasteiger partial charge on any atom is -0.481 e. The summed E-state index contributed by atoms with van der Waals surface area (Å²) in [6.45, 7) is 1.76. The summed E-state index contributed by atoms with van der Waals surface area (Å²) in [5, 5.41) is 12.6. The summed E-state index contributed by atoms with van der Waals surface area (Å²) in [4.78, 5) is 32.6. The number of amides is 3. The molecule has 0 aromatic rings. The molecule has 0 saturated heterocycles. The van der Waals surface area contributed by atoms with Crippen molar-refractivity contribution in [1.82, 2.24) is 15.4 Å². The third-order valence-electron chi connectivity index (χ3n) is 2.07. The number of carboxylic acid groups (broad SMARTS) is 1. The molecule has 0 atom stereocenters. The molecule has 0 spiro atoms. The molecular weight excluding hydrogens is 290 g/mol. The van der Waals surface area contributed by atoms with Gasteiger partial charge in [-0.25, -0.2) is 17.9 Å². The van der Waals surface area contributed by atoms with Crippen LogP contribution in [0.3, 0.4) is 0 Å². The van der Waals surface area contributed by atoms with Crippen LogP contribution in [0.1, 0.15) is 26.2 Å².